The minimum absolute atomic E-state index is 0.0475. The van der Waals surface area contributed by atoms with E-state index < -0.39 is 0 Å². The van der Waals surface area contributed by atoms with E-state index in [1.54, 1.807) is 17.7 Å². The topological polar surface area (TPSA) is 51.1 Å². The number of carbonyl (C=O) groups excluding carboxylic acids is 1. The molecule has 1 heterocycles. The lowest BCUT2D eigenvalue weighted by molar-refractivity contribution is -0.118. The number of para-hydroxylation sites is 1. The van der Waals surface area contributed by atoms with Crippen LogP contribution in [0, 0.1) is 0 Å². The van der Waals surface area contributed by atoms with Gasteiger partial charge in [0.15, 0.2) is 0 Å². The summed E-state index contributed by atoms with van der Waals surface area (Å²) >= 11 is 7.25. The van der Waals surface area contributed by atoms with Crippen LogP contribution < -0.4 is 10.9 Å². The third-order valence-corrected chi connectivity index (χ3v) is 5.43. The number of thioether (sulfide) groups is 1. The molecule has 0 bridgehead atoms. The van der Waals surface area contributed by atoms with Crippen LogP contribution in [-0.4, -0.2) is 22.8 Å². The molecule has 0 aliphatic heterocycles. The lowest BCUT2D eigenvalue weighted by atomic mass is 10.1. The van der Waals surface area contributed by atoms with Gasteiger partial charge in [0, 0.05) is 35.0 Å². The number of rotatable bonds is 6. The van der Waals surface area contributed by atoms with Crippen molar-refractivity contribution in [1.82, 2.24) is 9.88 Å². The van der Waals surface area contributed by atoms with Crippen molar-refractivity contribution in [3.05, 3.63) is 75.5 Å². The summed E-state index contributed by atoms with van der Waals surface area (Å²) in [6.07, 6.45) is 0.752. The molecule has 1 amide bonds. The number of nitrogens with one attached hydrogen (secondary N) is 1. The lowest BCUT2D eigenvalue weighted by Gasteiger charge is -2.10. The molecule has 3 rings (SSSR count). The van der Waals surface area contributed by atoms with E-state index in [4.69, 9.17) is 11.6 Å². The number of nitrogens with zero attached hydrogens (tertiary/aromatic N) is 1. The van der Waals surface area contributed by atoms with Gasteiger partial charge in [-0.15, -0.1) is 11.8 Å². The zero-order valence-electron chi connectivity index (χ0n) is 14.4. The van der Waals surface area contributed by atoms with Crippen molar-refractivity contribution in [1.29, 1.82) is 0 Å². The first-order valence-corrected chi connectivity index (χ1v) is 9.63. The number of hydrogen-bond donors (Lipinski definition) is 1. The van der Waals surface area contributed by atoms with Crippen LogP contribution in [0.2, 0.25) is 5.02 Å². The molecule has 0 atom stereocenters. The molecule has 26 heavy (non-hydrogen) atoms. The zero-order valence-corrected chi connectivity index (χ0v) is 15.9. The first-order chi connectivity index (χ1) is 12.5. The van der Waals surface area contributed by atoms with Crippen molar-refractivity contribution in [2.45, 2.75) is 11.3 Å². The average Bonchev–Trinajstić information content (AvgIpc) is 2.65. The van der Waals surface area contributed by atoms with E-state index in [1.807, 2.05) is 48.5 Å². The highest BCUT2D eigenvalue weighted by molar-refractivity contribution is 8.00. The number of benzene rings is 2. The highest BCUT2D eigenvalue weighted by Gasteiger charge is 2.09. The molecule has 2 aromatic carbocycles. The summed E-state index contributed by atoms with van der Waals surface area (Å²) in [5.41, 5.74) is 1.92. The van der Waals surface area contributed by atoms with Gasteiger partial charge in [0.25, 0.3) is 5.56 Å². The molecule has 0 radical (unpaired) electrons. The molecule has 4 nitrogen and oxygen atoms in total. The number of pyridine rings is 1. The molecule has 1 aromatic heterocycles. The standard InChI is InChI=1S/C20H19ClN2O2S/c1-23-17-5-3-2-4-16(17)18(12-20(23)25)26-13-19(24)22-11-10-14-6-8-15(21)9-7-14/h2-9,12H,10-11,13H2,1H3,(H,22,24). The predicted octanol–water partition coefficient (Wildman–Crippen LogP) is 3.64. The Kier molecular flexibility index (Phi) is 6.01. The van der Waals surface area contributed by atoms with Crippen LogP contribution in [0.25, 0.3) is 10.9 Å². The highest BCUT2D eigenvalue weighted by atomic mass is 35.5. The Morgan fingerprint density at radius 1 is 1.15 bits per heavy atom. The maximum atomic E-state index is 12.1. The number of halogens is 1. The third kappa shape index (κ3) is 4.48. The van der Waals surface area contributed by atoms with Gasteiger partial charge in [-0.25, -0.2) is 0 Å². The van der Waals surface area contributed by atoms with Crippen LogP contribution in [0.5, 0.6) is 0 Å². The Morgan fingerprint density at radius 3 is 2.65 bits per heavy atom. The molecule has 6 heteroatoms. The van der Waals surface area contributed by atoms with Crippen LogP contribution in [-0.2, 0) is 18.3 Å². The Bertz CT molecular complexity index is 983. The number of aromatic nitrogens is 1. The predicted molar refractivity (Wildman–Crippen MR) is 108 cm³/mol. The van der Waals surface area contributed by atoms with Gasteiger partial charge >= 0.3 is 0 Å². The fourth-order valence-electron chi connectivity index (χ4n) is 2.69. The molecule has 0 aliphatic rings. The Balaban J connectivity index is 1.58. The van der Waals surface area contributed by atoms with Gasteiger partial charge in [-0.3, -0.25) is 9.59 Å². The van der Waals surface area contributed by atoms with Crippen LogP contribution in [0.4, 0.5) is 0 Å². The van der Waals surface area contributed by atoms with E-state index >= 15 is 0 Å². The number of aryl methyl sites for hydroxylation is 1. The lowest BCUT2D eigenvalue weighted by Crippen LogP contribution is -2.27. The van der Waals surface area contributed by atoms with Crippen molar-refractivity contribution in [3.63, 3.8) is 0 Å². The highest BCUT2D eigenvalue weighted by Crippen LogP contribution is 2.25. The molecule has 0 fully saturated rings. The molecular formula is C20H19ClN2O2S. The third-order valence-electron chi connectivity index (χ3n) is 4.12. The van der Waals surface area contributed by atoms with Crippen molar-refractivity contribution in [3.8, 4) is 0 Å². The van der Waals surface area contributed by atoms with Crippen molar-refractivity contribution < 1.29 is 4.79 Å². The smallest absolute Gasteiger partial charge is 0.251 e. The molecule has 0 spiro atoms. The molecule has 0 saturated carbocycles. The Labute approximate surface area is 161 Å². The van der Waals surface area contributed by atoms with Crippen LogP contribution in [0.15, 0.2) is 64.3 Å². The van der Waals surface area contributed by atoms with E-state index in [-0.39, 0.29) is 17.2 Å². The summed E-state index contributed by atoms with van der Waals surface area (Å²) in [6.45, 7) is 0.568. The second-order valence-electron chi connectivity index (χ2n) is 5.94. The van der Waals surface area contributed by atoms with Crippen molar-refractivity contribution in [2.24, 2.45) is 7.05 Å². The fourth-order valence-corrected chi connectivity index (χ4v) is 3.72. The SMILES string of the molecule is Cn1c(=O)cc(SCC(=O)NCCc2ccc(Cl)cc2)c2ccccc21. The quantitative estimate of drug-likeness (QED) is 0.658. The molecule has 0 saturated heterocycles. The van der Waals surface area contributed by atoms with Gasteiger partial charge in [-0.05, 0) is 30.2 Å². The molecule has 0 unspecified atom stereocenters. The minimum atomic E-state index is -0.0747. The largest absolute Gasteiger partial charge is 0.355 e. The average molecular weight is 387 g/mol. The summed E-state index contributed by atoms with van der Waals surface area (Å²) in [5, 5.41) is 4.60. The summed E-state index contributed by atoms with van der Waals surface area (Å²) in [6, 6.07) is 16.9. The van der Waals surface area contributed by atoms with Crippen molar-refractivity contribution >= 4 is 40.2 Å². The molecule has 0 aliphatic carbocycles. The fraction of sp³-hybridized carbons (Fsp3) is 0.200. The van der Waals surface area contributed by atoms with Gasteiger partial charge in [0.1, 0.15) is 0 Å². The first kappa shape index (κ1) is 18.5. The summed E-state index contributed by atoms with van der Waals surface area (Å²) in [5.74, 6) is 0.228. The van der Waals surface area contributed by atoms with Crippen LogP contribution in [0.1, 0.15) is 5.56 Å². The number of fused-ring (bicyclic) bond motifs is 1. The molecule has 3 aromatic rings. The Morgan fingerprint density at radius 2 is 1.88 bits per heavy atom. The van der Waals surface area contributed by atoms with Gasteiger partial charge in [0.05, 0.1) is 11.3 Å². The summed E-state index contributed by atoms with van der Waals surface area (Å²) in [4.78, 5) is 25.0. The van der Waals surface area contributed by atoms with E-state index in [1.165, 1.54) is 11.8 Å². The Hall–Kier alpha value is -2.24. The summed E-state index contributed by atoms with van der Waals surface area (Å²) in [7, 11) is 1.75. The van der Waals surface area contributed by atoms with E-state index in [0.29, 0.717) is 11.6 Å². The van der Waals surface area contributed by atoms with E-state index in [2.05, 4.69) is 5.32 Å². The van der Waals surface area contributed by atoms with E-state index in [0.717, 1.165) is 27.8 Å². The molecule has 1 N–H and O–H groups in total. The van der Waals surface area contributed by atoms with Gasteiger partial charge < -0.3 is 9.88 Å². The monoisotopic (exact) mass is 386 g/mol. The minimum Gasteiger partial charge on any atom is -0.355 e. The van der Waals surface area contributed by atoms with Crippen LogP contribution in [0.3, 0.4) is 0 Å². The number of carbonyl (C=O) groups is 1. The maximum Gasteiger partial charge on any atom is 0.251 e. The normalized spacial score (nSPS) is 10.8. The second-order valence-corrected chi connectivity index (χ2v) is 7.39. The number of hydrogen-bond acceptors (Lipinski definition) is 3. The van der Waals surface area contributed by atoms with Gasteiger partial charge in [-0.2, -0.15) is 0 Å². The van der Waals surface area contributed by atoms with Crippen molar-refractivity contribution in [2.75, 3.05) is 12.3 Å². The molecular weight excluding hydrogens is 368 g/mol. The van der Waals surface area contributed by atoms with E-state index in [9.17, 15) is 9.59 Å². The van der Waals surface area contributed by atoms with Crippen LogP contribution >= 0.6 is 23.4 Å². The maximum absolute atomic E-state index is 12.1. The summed E-state index contributed by atoms with van der Waals surface area (Å²) < 4.78 is 1.62. The molecule has 134 valence electrons. The first-order valence-electron chi connectivity index (χ1n) is 8.27. The zero-order chi connectivity index (χ0) is 18.5. The van der Waals surface area contributed by atoms with Gasteiger partial charge in [-0.1, -0.05) is 41.9 Å². The second kappa shape index (κ2) is 8.43. The number of amides is 1. The van der Waals surface area contributed by atoms with Gasteiger partial charge in [0.2, 0.25) is 5.91 Å².